The van der Waals surface area contributed by atoms with Gasteiger partial charge in [0, 0.05) is 12.6 Å². The molecule has 2 amide bonds. The summed E-state index contributed by atoms with van der Waals surface area (Å²) in [7, 11) is 1.46. The van der Waals surface area contributed by atoms with Crippen molar-refractivity contribution in [2.24, 2.45) is 0 Å². The number of hydrogen-bond acceptors (Lipinski definition) is 3. The lowest BCUT2D eigenvalue weighted by Gasteiger charge is -2.19. The second-order valence-electron chi connectivity index (χ2n) is 5.70. The van der Waals surface area contributed by atoms with Crippen LogP contribution < -0.4 is 15.1 Å². The molecule has 2 aromatic carbocycles. The number of benzene rings is 2. The predicted octanol–water partition coefficient (Wildman–Crippen LogP) is 4.31. The first-order valence-electron chi connectivity index (χ1n) is 8.18. The molecule has 0 radical (unpaired) electrons. The van der Waals surface area contributed by atoms with Gasteiger partial charge in [-0.3, -0.25) is 5.21 Å². The highest BCUT2D eigenvalue weighted by Gasteiger charge is 2.16. The summed E-state index contributed by atoms with van der Waals surface area (Å²) in [6.07, 6.45) is 2.68. The zero-order valence-electron chi connectivity index (χ0n) is 14.9. The summed E-state index contributed by atoms with van der Waals surface area (Å²) in [6, 6.07) is 10.7. The van der Waals surface area contributed by atoms with Crippen molar-refractivity contribution in [2.75, 3.05) is 12.1 Å². The molecule has 5 heteroatoms. The quantitative estimate of drug-likeness (QED) is 0.608. The highest BCUT2D eigenvalue weighted by Crippen LogP contribution is 2.26. The highest BCUT2D eigenvalue weighted by atomic mass is 16.5. The SMILES string of the molecule is C=Cc1ccc(N(O)C(=O)NC)c(COc2ccc(CC)cc2C)c1. The molecular weight excluding hydrogens is 316 g/mol. The number of carbonyl (C=O) groups excluding carboxylic acids is 1. The highest BCUT2D eigenvalue weighted by molar-refractivity contribution is 5.90. The minimum atomic E-state index is -0.615. The van der Waals surface area contributed by atoms with Gasteiger partial charge in [-0.25, -0.2) is 4.79 Å². The fraction of sp³-hybridized carbons (Fsp3) is 0.250. The third-order valence-electron chi connectivity index (χ3n) is 4.00. The molecule has 0 aliphatic rings. The molecule has 0 atom stereocenters. The Balaban J connectivity index is 2.28. The van der Waals surface area contributed by atoms with Gasteiger partial charge >= 0.3 is 6.03 Å². The van der Waals surface area contributed by atoms with E-state index in [1.54, 1.807) is 18.2 Å². The summed E-state index contributed by atoms with van der Waals surface area (Å²) in [5, 5.41) is 13.1. The molecule has 0 bridgehead atoms. The molecule has 2 N–H and O–H groups in total. The van der Waals surface area contributed by atoms with E-state index in [0.717, 1.165) is 23.3 Å². The van der Waals surface area contributed by atoms with Gasteiger partial charge in [-0.1, -0.05) is 37.8 Å². The van der Waals surface area contributed by atoms with Gasteiger partial charge in [0.05, 0.1) is 5.69 Å². The molecule has 0 aliphatic carbocycles. The molecule has 0 saturated heterocycles. The molecule has 2 rings (SSSR count). The molecule has 0 fully saturated rings. The Hall–Kier alpha value is -2.79. The first-order chi connectivity index (χ1) is 12.0. The van der Waals surface area contributed by atoms with E-state index in [2.05, 4.69) is 24.9 Å². The molecule has 0 aliphatic heterocycles. The van der Waals surface area contributed by atoms with E-state index in [4.69, 9.17) is 4.74 Å². The predicted molar refractivity (Wildman–Crippen MR) is 100 cm³/mol. The zero-order valence-corrected chi connectivity index (χ0v) is 14.9. The van der Waals surface area contributed by atoms with Crippen LogP contribution in [-0.2, 0) is 13.0 Å². The van der Waals surface area contributed by atoms with Crippen molar-refractivity contribution in [3.63, 3.8) is 0 Å². The Morgan fingerprint density at radius 1 is 1.32 bits per heavy atom. The Morgan fingerprint density at radius 3 is 2.68 bits per heavy atom. The van der Waals surface area contributed by atoms with Gasteiger partial charge in [0.1, 0.15) is 12.4 Å². The standard InChI is InChI=1S/C20H24N2O3/c1-5-15-8-10-19(14(3)11-15)25-13-17-12-16(6-2)7-9-18(17)22(24)20(23)21-4/h6-12,24H,2,5,13H2,1,3-4H3,(H,21,23). The first kappa shape index (κ1) is 18.5. The lowest BCUT2D eigenvalue weighted by molar-refractivity contribution is 0.205. The third-order valence-corrected chi connectivity index (χ3v) is 4.00. The fourth-order valence-electron chi connectivity index (χ4n) is 2.52. The first-order valence-corrected chi connectivity index (χ1v) is 8.18. The van der Waals surface area contributed by atoms with Crippen molar-refractivity contribution < 1.29 is 14.7 Å². The molecule has 0 aromatic heterocycles. The second kappa shape index (κ2) is 8.35. The van der Waals surface area contributed by atoms with Crippen LogP contribution in [0, 0.1) is 6.92 Å². The average Bonchev–Trinajstić information content (AvgIpc) is 2.65. The van der Waals surface area contributed by atoms with Crippen LogP contribution >= 0.6 is 0 Å². The lowest BCUT2D eigenvalue weighted by atomic mass is 10.1. The van der Waals surface area contributed by atoms with E-state index in [0.29, 0.717) is 16.3 Å². The van der Waals surface area contributed by atoms with Crippen LogP contribution in [0.25, 0.3) is 6.08 Å². The number of hydrogen-bond donors (Lipinski definition) is 2. The topological polar surface area (TPSA) is 61.8 Å². The number of rotatable bonds is 6. The van der Waals surface area contributed by atoms with Crippen LogP contribution in [0.1, 0.15) is 29.2 Å². The van der Waals surface area contributed by atoms with Crippen LogP contribution in [0.2, 0.25) is 0 Å². The van der Waals surface area contributed by atoms with E-state index in [9.17, 15) is 10.0 Å². The van der Waals surface area contributed by atoms with Gasteiger partial charge in [-0.15, -0.1) is 0 Å². The van der Waals surface area contributed by atoms with E-state index >= 15 is 0 Å². The second-order valence-corrected chi connectivity index (χ2v) is 5.70. The molecule has 25 heavy (non-hydrogen) atoms. The molecule has 0 saturated carbocycles. The summed E-state index contributed by atoms with van der Waals surface area (Å²) >= 11 is 0. The van der Waals surface area contributed by atoms with Gasteiger partial charge in [0.25, 0.3) is 0 Å². The third kappa shape index (κ3) is 4.39. The van der Waals surface area contributed by atoms with Crippen molar-refractivity contribution in [1.82, 2.24) is 5.32 Å². The van der Waals surface area contributed by atoms with Crippen molar-refractivity contribution >= 4 is 17.8 Å². The van der Waals surface area contributed by atoms with Gasteiger partial charge in [-0.2, -0.15) is 5.06 Å². The molecule has 0 heterocycles. The van der Waals surface area contributed by atoms with Gasteiger partial charge < -0.3 is 10.1 Å². The number of hydroxylamine groups is 1. The van der Waals surface area contributed by atoms with Crippen molar-refractivity contribution in [3.05, 3.63) is 65.2 Å². The minimum Gasteiger partial charge on any atom is -0.489 e. The Kier molecular flexibility index (Phi) is 6.19. The van der Waals surface area contributed by atoms with Gasteiger partial charge in [0.15, 0.2) is 0 Å². The summed E-state index contributed by atoms with van der Waals surface area (Å²) in [5.74, 6) is 0.775. The van der Waals surface area contributed by atoms with E-state index in [1.165, 1.54) is 12.6 Å². The average molecular weight is 340 g/mol. The molecule has 0 spiro atoms. The molecular formula is C20H24N2O3. The van der Waals surface area contributed by atoms with Crippen molar-refractivity contribution in [1.29, 1.82) is 0 Å². The number of ether oxygens (including phenoxy) is 1. The monoisotopic (exact) mass is 340 g/mol. The van der Waals surface area contributed by atoms with Crippen molar-refractivity contribution in [3.8, 4) is 5.75 Å². The maximum absolute atomic E-state index is 11.7. The minimum absolute atomic E-state index is 0.220. The fourth-order valence-corrected chi connectivity index (χ4v) is 2.52. The number of nitrogens with zero attached hydrogens (tertiary/aromatic N) is 1. The largest absolute Gasteiger partial charge is 0.489 e. The number of amides is 2. The van der Waals surface area contributed by atoms with Crippen molar-refractivity contribution in [2.45, 2.75) is 26.9 Å². The summed E-state index contributed by atoms with van der Waals surface area (Å²) in [5.41, 5.74) is 4.23. The number of nitrogens with one attached hydrogen (secondary N) is 1. The van der Waals surface area contributed by atoms with E-state index < -0.39 is 6.03 Å². The summed E-state index contributed by atoms with van der Waals surface area (Å²) < 4.78 is 5.92. The lowest BCUT2D eigenvalue weighted by Crippen LogP contribution is -2.36. The maximum Gasteiger partial charge on any atom is 0.345 e. The number of anilines is 1. The number of aryl methyl sites for hydroxylation is 2. The molecule has 132 valence electrons. The summed E-state index contributed by atoms with van der Waals surface area (Å²) in [4.78, 5) is 11.7. The van der Waals surface area contributed by atoms with Gasteiger partial charge in [0.2, 0.25) is 0 Å². The zero-order chi connectivity index (χ0) is 18.4. The molecule has 2 aromatic rings. The Labute approximate surface area is 148 Å². The van der Waals surface area contributed by atoms with Crippen LogP contribution in [0.4, 0.5) is 10.5 Å². The van der Waals surface area contributed by atoms with Crippen LogP contribution in [-0.4, -0.2) is 18.3 Å². The van der Waals surface area contributed by atoms with Crippen LogP contribution in [0.15, 0.2) is 43.0 Å². The normalized spacial score (nSPS) is 10.2. The molecule has 0 unspecified atom stereocenters. The van der Waals surface area contributed by atoms with Crippen LogP contribution in [0.5, 0.6) is 5.75 Å². The summed E-state index contributed by atoms with van der Waals surface area (Å²) in [6.45, 7) is 8.08. The Bertz CT molecular complexity index is 772. The maximum atomic E-state index is 11.7. The number of urea groups is 1. The number of carbonyl (C=O) groups is 1. The van der Waals surface area contributed by atoms with Crippen LogP contribution in [0.3, 0.4) is 0 Å². The van der Waals surface area contributed by atoms with Gasteiger partial charge in [-0.05, 0) is 48.2 Å². The Morgan fingerprint density at radius 2 is 2.08 bits per heavy atom. The van der Waals surface area contributed by atoms with E-state index in [-0.39, 0.29) is 6.61 Å². The van der Waals surface area contributed by atoms with E-state index in [1.807, 2.05) is 25.1 Å². The molecule has 5 nitrogen and oxygen atoms in total. The smallest absolute Gasteiger partial charge is 0.345 e.